The fraction of sp³-hybridized carbons (Fsp3) is 0.400. The molecule has 0 saturated heterocycles. The van der Waals surface area contributed by atoms with E-state index < -0.39 is 0 Å². The molecule has 1 atom stereocenters. The Morgan fingerprint density at radius 2 is 2.26 bits per heavy atom. The van der Waals surface area contributed by atoms with Crippen molar-refractivity contribution in [2.24, 2.45) is 5.92 Å². The smallest absolute Gasteiger partial charge is 0.0935 e. The number of hydrogen-bond acceptors (Lipinski definition) is 3. The molecule has 0 aliphatic carbocycles. The second-order valence-electron chi connectivity index (χ2n) is 4.67. The maximum absolute atomic E-state index is 4.76. The number of rotatable bonds is 6. The van der Waals surface area contributed by atoms with Crippen LogP contribution in [0.1, 0.15) is 18.4 Å². The summed E-state index contributed by atoms with van der Waals surface area (Å²) in [6.07, 6.45) is 2.25. The molecule has 0 fully saturated rings. The van der Waals surface area contributed by atoms with Crippen LogP contribution in [0.5, 0.6) is 0 Å². The molecule has 19 heavy (non-hydrogen) atoms. The van der Waals surface area contributed by atoms with Crippen LogP contribution in [0.15, 0.2) is 34.1 Å². The topological polar surface area (TPSA) is 24.9 Å². The number of hydrogen-bond donors (Lipinski definition) is 1. The Morgan fingerprint density at radius 3 is 2.95 bits per heavy atom. The van der Waals surface area contributed by atoms with Crippen LogP contribution < -0.4 is 5.32 Å². The molecule has 2 rings (SSSR count). The minimum absolute atomic E-state index is 0.673. The van der Waals surface area contributed by atoms with Gasteiger partial charge in [0.15, 0.2) is 0 Å². The molecule has 102 valence electrons. The lowest BCUT2D eigenvalue weighted by molar-refractivity contribution is 0.480. The van der Waals surface area contributed by atoms with Crippen LogP contribution in [0.2, 0.25) is 0 Å². The zero-order valence-corrected chi connectivity index (χ0v) is 13.7. The molecule has 2 nitrogen and oxygen atoms in total. The van der Waals surface area contributed by atoms with Crippen LogP contribution in [0.4, 0.5) is 0 Å². The maximum Gasteiger partial charge on any atom is 0.0935 e. The average Bonchev–Trinajstić information content (AvgIpc) is 2.87. The Bertz CT molecular complexity index is 524. The molecule has 0 aliphatic heterocycles. The molecular weight excluding hydrogens is 320 g/mol. The van der Waals surface area contributed by atoms with Gasteiger partial charge in [-0.2, -0.15) is 0 Å². The van der Waals surface area contributed by atoms with Crippen molar-refractivity contribution in [1.29, 1.82) is 0 Å². The Morgan fingerprint density at radius 1 is 1.42 bits per heavy atom. The predicted molar refractivity (Wildman–Crippen MR) is 86.7 cm³/mol. The van der Waals surface area contributed by atoms with Crippen LogP contribution in [0.3, 0.4) is 0 Å². The van der Waals surface area contributed by atoms with Gasteiger partial charge in [-0.25, -0.2) is 4.98 Å². The van der Waals surface area contributed by atoms with Gasteiger partial charge in [0, 0.05) is 21.8 Å². The number of nitrogens with zero attached hydrogens (tertiary/aromatic N) is 1. The van der Waals surface area contributed by atoms with Gasteiger partial charge in [0.2, 0.25) is 0 Å². The van der Waals surface area contributed by atoms with E-state index in [9.17, 15) is 0 Å². The molecule has 0 spiro atoms. The predicted octanol–water partition coefficient (Wildman–Crippen LogP) is 4.36. The van der Waals surface area contributed by atoms with Crippen molar-refractivity contribution in [2.45, 2.75) is 19.8 Å². The van der Waals surface area contributed by atoms with Crippen molar-refractivity contribution in [3.8, 4) is 11.3 Å². The monoisotopic (exact) mass is 338 g/mol. The molecule has 1 N–H and O–H groups in total. The standard InChI is InChI=1S/C15H19BrN2S/c1-3-11(9-17-2)7-15-18-14(10-19-15)12-5-4-6-13(16)8-12/h4-6,8,10-11,17H,3,7,9H2,1-2H3. The third kappa shape index (κ3) is 4.13. The highest BCUT2D eigenvalue weighted by Crippen LogP contribution is 2.26. The zero-order chi connectivity index (χ0) is 13.7. The maximum atomic E-state index is 4.76. The second-order valence-corrected chi connectivity index (χ2v) is 6.53. The summed E-state index contributed by atoms with van der Waals surface area (Å²) in [5.74, 6) is 0.673. The number of benzene rings is 1. The minimum atomic E-state index is 0.673. The molecule has 0 bridgehead atoms. The largest absolute Gasteiger partial charge is 0.319 e. The molecule has 1 heterocycles. The summed E-state index contributed by atoms with van der Waals surface area (Å²) in [4.78, 5) is 4.76. The van der Waals surface area contributed by atoms with Crippen LogP contribution in [-0.2, 0) is 6.42 Å². The lowest BCUT2D eigenvalue weighted by Gasteiger charge is -2.11. The molecule has 1 aromatic heterocycles. The van der Waals surface area contributed by atoms with E-state index in [-0.39, 0.29) is 0 Å². The van der Waals surface area contributed by atoms with Crippen LogP contribution in [0, 0.1) is 5.92 Å². The Labute approximate surface area is 127 Å². The van der Waals surface area contributed by atoms with Crippen molar-refractivity contribution in [3.05, 3.63) is 39.1 Å². The average molecular weight is 339 g/mol. The third-order valence-corrected chi connectivity index (χ3v) is 4.57. The fourth-order valence-corrected chi connectivity index (χ4v) is 3.40. The molecule has 4 heteroatoms. The first-order chi connectivity index (χ1) is 9.22. The normalized spacial score (nSPS) is 12.6. The highest BCUT2D eigenvalue weighted by Gasteiger charge is 2.10. The van der Waals surface area contributed by atoms with E-state index in [0.717, 1.165) is 23.1 Å². The summed E-state index contributed by atoms with van der Waals surface area (Å²) in [7, 11) is 2.01. The SMILES string of the molecule is CCC(CNC)Cc1nc(-c2cccc(Br)c2)cs1. The van der Waals surface area contributed by atoms with Crippen molar-refractivity contribution in [3.63, 3.8) is 0 Å². The summed E-state index contributed by atoms with van der Waals surface area (Å²) in [6, 6.07) is 8.31. The van der Waals surface area contributed by atoms with E-state index in [1.54, 1.807) is 11.3 Å². The van der Waals surface area contributed by atoms with E-state index in [0.29, 0.717) is 5.92 Å². The molecular formula is C15H19BrN2S. The van der Waals surface area contributed by atoms with Crippen molar-refractivity contribution < 1.29 is 0 Å². The number of nitrogens with one attached hydrogen (secondary N) is 1. The third-order valence-electron chi connectivity index (χ3n) is 3.21. The molecule has 1 aromatic carbocycles. The Balaban J connectivity index is 2.10. The summed E-state index contributed by atoms with van der Waals surface area (Å²) in [5, 5.41) is 6.64. The van der Waals surface area contributed by atoms with E-state index in [1.165, 1.54) is 17.0 Å². The fourth-order valence-electron chi connectivity index (χ4n) is 2.08. The lowest BCUT2D eigenvalue weighted by Crippen LogP contribution is -2.19. The van der Waals surface area contributed by atoms with Gasteiger partial charge < -0.3 is 5.32 Å². The van der Waals surface area contributed by atoms with Crippen molar-refractivity contribution in [2.75, 3.05) is 13.6 Å². The molecule has 0 aliphatic rings. The highest BCUT2D eigenvalue weighted by molar-refractivity contribution is 9.10. The summed E-state index contributed by atoms with van der Waals surface area (Å²) in [5.41, 5.74) is 2.26. The lowest BCUT2D eigenvalue weighted by atomic mass is 10.0. The number of aromatic nitrogens is 1. The van der Waals surface area contributed by atoms with Gasteiger partial charge in [-0.3, -0.25) is 0 Å². The van der Waals surface area contributed by atoms with Gasteiger partial charge in [-0.15, -0.1) is 11.3 Å². The quantitative estimate of drug-likeness (QED) is 0.846. The van der Waals surface area contributed by atoms with Gasteiger partial charge in [0.1, 0.15) is 0 Å². The Hall–Kier alpha value is -0.710. The first-order valence-electron chi connectivity index (χ1n) is 6.58. The van der Waals surface area contributed by atoms with Crippen LogP contribution in [-0.4, -0.2) is 18.6 Å². The summed E-state index contributed by atoms with van der Waals surface area (Å²) in [6.45, 7) is 3.30. The van der Waals surface area contributed by atoms with Crippen molar-refractivity contribution in [1.82, 2.24) is 10.3 Å². The molecule has 0 radical (unpaired) electrons. The number of halogens is 1. The first kappa shape index (κ1) is 14.7. The van der Waals surface area contributed by atoms with Gasteiger partial charge in [0.25, 0.3) is 0 Å². The molecule has 0 saturated carbocycles. The van der Waals surface area contributed by atoms with Gasteiger partial charge in [-0.1, -0.05) is 41.4 Å². The second kappa shape index (κ2) is 7.17. The van der Waals surface area contributed by atoms with Gasteiger partial charge in [0.05, 0.1) is 10.7 Å². The summed E-state index contributed by atoms with van der Waals surface area (Å²) < 4.78 is 1.10. The van der Waals surface area contributed by atoms with Crippen LogP contribution >= 0.6 is 27.3 Å². The van der Waals surface area contributed by atoms with Gasteiger partial charge in [-0.05, 0) is 31.6 Å². The van der Waals surface area contributed by atoms with Crippen molar-refractivity contribution >= 4 is 27.3 Å². The number of thiazole rings is 1. The minimum Gasteiger partial charge on any atom is -0.319 e. The van der Waals surface area contributed by atoms with E-state index in [4.69, 9.17) is 4.98 Å². The van der Waals surface area contributed by atoms with E-state index in [2.05, 4.69) is 45.7 Å². The molecule has 2 aromatic rings. The summed E-state index contributed by atoms with van der Waals surface area (Å²) >= 11 is 5.27. The van der Waals surface area contributed by atoms with Gasteiger partial charge >= 0.3 is 0 Å². The van der Waals surface area contributed by atoms with E-state index >= 15 is 0 Å². The molecule has 1 unspecified atom stereocenters. The van der Waals surface area contributed by atoms with E-state index in [1.807, 2.05) is 19.2 Å². The highest BCUT2D eigenvalue weighted by atomic mass is 79.9. The van der Waals surface area contributed by atoms with Crippen LogP contribution in [0.25, 0.3) is 11.3 Å². The first-order valence-corrected chi connectivity index (χ1v) is 8.25. The Kier molecular flexibility index (Phi) is 5.55. The zero-order valence-electron chi connectivity index (χ0n) is 11.3. The molecule has 0 amide bonds.